The van der Waals surface area contributed by atoms with Crippen molar-refractivity contribution in [3.8, 4) is 11.6 Å². The van der Waals surface area contributed by atoms with Gasteiger partial charge in [0, 0.05) is 0 Å². The molecule has 0 aliphatic heterocycles. The third-order valence-electron chi connectivity index (χ3n) is 3.78. The van der Waals surface area contributed by atoms with Crippen LogP contribution in [0.25, 0.3) is 11.6 Å². The molecule has 0 saturated heterocycles. The monoisotopic (exact) mass is 355 g/mol. The van der Waals surface area contributed by atoms with Crippen molar-refractivity contribution in [3.63, 3.8) is 0 Å². The Kier molecular flexibility index (Phi) is 5.80. The molecule has 1 N–H and O–H groups in total. The van der Waals surface area contributed by atoms with Gasteiger partial charge in [-0.25, -0.2) is 0 Å². The molecule has 0 spiro atoms. The zero-order chi connectivity index (χ0) is 18.4. The van der Waals surface area contributed by atoms with Crippen LogP contribution in [0.1, 0.15) is 31.3 Å². The Bertz CT molecular complexity index is 812. The van der Waals surface area contributed by atoms with E-state index >= 15 is 0 Å². The summed E-state index contributed by atoms with van der Waals surface area (Å²) >= 11 is 0. The second-order valence-electron chi connectivity index (χ2n) is 6.20. The number of nitrogens with one attached hydrogen (secondary N) is 1. The molecule has 0 radical (unpaired) electrons. The number of carbonyl (C=O) groups excluding carboxylic acids is 1. The van der Waals surface area contributed by atoms with Gasteiger partial charge in [-0.1, -0.05) is 49.3 Å². The van der Waals surface area contributed by atoms with Crippen molar-refractivity contribution < 1.29 is 18.5 Å². The predicted molar refractivity (Wildman–Crippen MR) is 93.8 cm³/mol. The average Bonchev–Trinajstić information content (AvgIpc) is 3.32. The minimum atomic E-state index is -0.404. The van der Waals surface area contributed by atoms with Crippen molar-refractivity contribution in [2.45, 2.75) is 26.5 Å². The lowest BCUT2D eigenvalue weighted by Crippen LogP contribution is -2.34. The van der Waals surface area contributed by atoms with Gasteiger partial charge in [0.25, 0.3) is 0 Å². The Balaban J connectivity index is 1.57. The first kappa shape index (κ1) is 17.9. The summed E-state index contributed by atoms with van der Waals surface area (Å²) in [5, 5.41) is 6.80. The smallest absolute Gasteiger partial charge is 0.249 e. The molecular formula is C19H21N3O4. The third-order valence-corrected chi connectivity index (χ3v) is 3.78. The van der Waals surface area contributed by atoms with Crippen molar-refractivity contribution in [2.75, 3.05) is 6.61 Å². The van der Waals surface area contributed by atoms with E-state index in [4.69, 9.17) is 13.7 Å². The molecular weight excluding hydrogens is 334 g/mol. The van der Waals surface area contributed by atoms with E-state index in [2.05, 4.69) is 15.5 Å². The Hall–Kier alpha value is -2.93. The van der Waals surface area contributed by atoms with Gasteiger partial charge in [0.1, 0.15) is 12.6 Å². The van der Waals surface area contributed by atoms with Gasteiger partial charge in [-0.3, -0.25) is 4.79 Å². The standard InChI is InChI=1S/C19H21N3O4/c1-13(2)17(19-21-18(22-26-19)15-9-6-10-25-15)20-16(23)12-24-11-14-7-4-3-5-8-14/h3-10,13,17H,11-12H2,1-2H3,(H,20,23)/t17-/m1/s1. The van der Waals surface area contributed by atoms with E-state index in [9.17, 15) is 4.79 Å². The van der Waals surface area contributed by atoms with Crippen molar-refractivity contribution in [1.29, 1.82) is 0 Å². The first-order chi connectivity index (χ1) is 12.6. The van der Waals surface area contributed by atoms with Crippen LogP contribution in [0.15, 0.2) is 57.7 Å². The highest BCUT2D eigenvalue weighted by molar-refractivity contribution is 5.77. The maximum Gasteiger partial charge on any atom is 0.249 e. The number of amides is 1. The lowest BCUT2D eigenvalue weighted by Gasteiger charge is -2.18. The topological polar surface area (TPSA) is 90.4 Å². The number of carbonyl (C=O) groups is 1. The number of aromatic nitrogens is 2. The van der Waals surface area contributed by atoms with Gasteiger partial charge in [-0.05, 0) is 23.6 Å². The van der Waals surface area contributed by atoms with E-state index in [0.29, 0.717) is 24.1 Å². The molecule has 1 aromatic carbocycles. The molecule has 2 aromatic heterocycles. The number of benzene rings is 1. The summed E-state index contributed by atoms with van der Waals surface area (Å²) in [6.45, 7) is 4.26. The molecule has 1 amide bonds. The lowest BCUT2D eigenvalue weighted by atomic mass is 10.0. The lowest BCUT2D eigenvalue weighted by molar-refractivity contribution is -0.127. The molecule has 7 heteroatoms. The Morgan fingerprint density at radius 3 is 2.69 bits per heavy atom. The maximum absolute atomic E-state index is 12.2. The number of ether oxygens (including phenoxy) is 1. The second-order valence-corrected chi connectivity index (χ2v) is 6.20. The highest BCUT2D eigenvalue weighted by Crippen LogP contribution is 2.23. The summed E-state index contributed by atoms with van der Waals surface area (Å²) in [4.78, 5) is 16.5. The number of nitrogens with zero attached hydrogens (tertiary/aromatic N) is 2. The maximum atomic E-state index is 12.2. The summed E-state index contributed by atoms with van der Waals surface area (Å²) in [5.74, 6) is 1.03. The van der Waals surface area contributed by atoms with Gasteiger partial charge in [0.05, 0.1) is 12.9 Å². The molecule has 7 nitrogen and oxygen atoms in total. The Morgan fingerprint density at radius 2 is 2.00 bits per heavy atom. The van der Waals surface area contributed by atoms with Crippen LogP contribution in [0, 0.1) is 5.92 Å². The second kappa shape index (κ2) is 8.44. The molecule has 136 valence electrons. The average molecular weight is 355 g/mol. The van der Waals surface area contributed by atoms with Gasteiger partial charge in [0.2, 0.25) is 17.6 Å². The molecule has 2 heterocycles. The van der Waals surface area contributed by atoms with E-state index in [1.54, 1.807) is 12.1 Å². The van der Waals surface area contributed by atoms with Crippen LogP contribution in [-0.4, -0.2) is 22.7 Å². The highest BCUT2D eigenvalue weighted by atomic mass is 16.5. The van der Waals surface area contributed by atoms with Crippen molar-refractivity contribution in [2.24, 2.45) is 5.92 Å². The van der Waals surface area contributed by atoms with E-state index in [-0.39, 0.29) is 18.4 Å². The number of rotatable bonds is 8. The van der Waals surface area contributed by atoms with E-state index in [0.717, 1.165) is 5.56 Å². The van der Waals surface area contributed by atoms with Crippen LogP contribution in [-0.2, 0) is 16.1 Å². The van der Waals surface area contributed by atoms with Crippen LogP contribution in [0.3, 0.4) is 0 Å². The van der Waals surface area contributed by atoms with E-state index < -0.39 is 6.04 Å². The van der Waals surface area contributed by atoms with Crippen LogP contribution in [0.4, 0.5) is 0 Å². The van der Waals surface area contributed by atoms with Crippen LogP contribution in [0.5, 0.6) is 0 Å². The van der Waals surface area contributed by atoms with Gasteiger partial charge in [-0.2, -0.15) is 4.98 Å². The molecule has 3 aromatic rings. The Morgan fingerprint density at radius 1 is 1.19 bits per heavy atom. The van der Waals surface area contributed by atoms with Crippen molar-refractivity contribution in [3.05, 3.63) is 60.2 Å². The highest BCUT2D eigenvalue weighted by Gasteiger charge is 2.25. The fourth-order valence-electron chi connectivity index (χ4n) is 2.43. The van der Waals surface area contributed by atoms with Gasteiger partial charge in [0.15, 0.2) is 5.76 Å². The number of furan rings is 1. The minimum absolute atomic E-state index is 0.0444. The summed E-state index contributed by atoms with van der Waals surface area (Å²) in [6, 6.07) is 12.8. The first-order valence-electron chi connectivity index (χ1n) is 8.42. The SMILES string of the molecule is CC(C)[C@@H](NC(=O)COCc1ccccc1)c1nc(-c2ccco2)no1. The fraction of sp³-hybridized carbons (Fsp3) is 0.316. The molecule has 0 aliphatic carbocycles. The van der Waals surface area contributed by atoms with Gasteiger partial charge in [-0.15, -0.1) is 0 Å². The normalized spacial score (nSPS) is 12.3. The van der Waals surface area contributed by atoms with Crippen LogP contribution in [0.2, 0.25) is 0 Å². The molecule has 0 aliphatic rings. The molecule has 26 heavy (non-hydrogen) atoms. The van der Waals surface area contributed by atoms with Gasteiger partial charge >= 0.3 is 0 Å². The Labute approximate surface area is 151 Å². The van der Waals surface area contributed by atoms with Crippen molar-refractivity contribution in [1.82, 2.24) is 15.5 Å². The molecule has 3 rings (SSSR count). The molecule has 1 atom stereocenters. The summed E-state index contributed by atoms with van der Waals surface area (Å²) in [7, 11) is 0. The predicted octanol–water partition coefficient (Wildman–Crippen LogP) is 3.36. The molecule has 0 saturated carbocycles. The largest absolute Gasteiger partial charge is 0.461 e. The number of hydrogen-bond donors (Lipinski definition) is 1. The van der Waals surface area contributed by atoms with E-state index in [1.807, 2.05) is 44.2 Å². The summed E-state index contributed by atoms with van der Waals surface area (Å²) < 4.78 is 16.0. The van der Waals surface area contributed by atoms with E-state index in [1.165, 1.54) is 6.26 Å². The molecule has 0 unspecified atom stereocenters. The zero-order valence-corrected chi connectivity index (χ0v) is 14.7. The quantitative estimate of drug-likeness (QED) is 0.666. The van der Waals surface area contributed by atoms with Crippen molar-refractivity contribution >= 4 is 5.91 Å². The first-order valence-corrected chi connectivity index (χ1v) is 8.42. The third kappa shape index (κ3) is 4.58. The van der Waals surface area contributed by atoms with Crippen LogP contribution >= 0.6 is 0 Å². The van der Waals surface area contributed by atoms with Gasteiger partial charge < -0.3 is 19.0 Å². The molecule has 0 bridgehead atoms. The number of hydrogen-bond acceptors (Lipinski definition) is 6. The zero-order valence-electron chi connectivity index (χ0n) is 14.7. The fourth-order valence-corrected chi connectivity index (χ4v) is 2.43. The molecule has 0 fully saturated rings. The van der Waals surface area contributed by atoms with Crippen LogP contribution < -0.4 is 5.32 Å². The summed E-state index contributed by atoms with van der Waals surface area (Å²) in [5.41, 5.74) is 1.01. The minimum Gasteiger partial charge on any atom is -0.461 e. The summed E-state index contributed by atoms with van der Waals surface area (Å²) in [6.07, 6.45) is 1.54.